The summed E-state index contributed by atoms with van der Waals surface area (Å²) in [5.74, 6) is -1.17. The quantitative estimate of drug-likeness (QED) is 0.526. The molecule has 3 aromatic carbocycles. The molecule has 0 spiro atoms. The van der Waals surface area contributed by atoms with Crippen molar-refractivity contribution in [3.8, 4) is 11.1 Å². The molecule has 1 aliphatic rings. The molecule has 2 N–H and O–H groups in total. The SMILES string of the molecule is CC(C)(C)c1ccc(CC(NC(=O)OCC2c3ccccc3-c3ccccc32)C(=O)O)cc1. The summed E-state index contributed by atoms with van der Waals surface area (Å²) in [4.78, 5) is 24.3. The number of hydrogen-bond donors (Lipinski definition) is 2. The van der Waals surface area contributed by atoms with E-state index in [1.54, 1.807) is 0 Å². The molecular weight excluding hydrogens is 414 g/mol. The van der Waals surface area contributed by atoms with Gasteiger partial charge in [-0.25, -0.2) is 9.59 Å². The van der Waals surface area contributed by atoms with Crippen molar-refractivity contribution < 1.29 is 19.4 Å². The number of rotatable bonds is 6. The maximum atomic E-state index is 12.5. The summed E-state index contributed by atoms with van der Waals surface area (Å²) in [7, 11) is 0. The lowest BCUT2D eigenvalue weighted by atomic mass is 9.86. The van der Waals surface area contributed by atoms with Crippen molar-refractivity contribution in [3.05, 3.63) is 95.1 Å². The summed E-state index contributed by atoms with van der Waals surface area (Å²) in [6.45, 7) is 6.52. The van der Waals surface area contributed by atoms with Crippen LogP contribution >= 0.6 is 0 Å². The van der Waals surface area contributed by atoms with Crippen LogP contribution in [-0.2, 0) is 21.4 Å². The van der Waals surface area contributed by atoms with E-state index in [1.165, 1.54) is 5.56 Å². The number of ether oxygens (including phenoxy) is 1. The number of amides is 1. The fourth-order valence-electron chi connectivity index (χ4n) is 4.36. The fourth-order valence-corrected chi connectivity index (χ4v) is 4.36. The van der Waals surface area contributed by atoms with Crippen molar-refractivity contribution in [1.82, 2.24) is 5.32 Å². The Morgan fingerprint density at radius 2 is 1.45 bits per heavy atom. The number of carbonyl (C=O) groups excluding carboxylic acids is 1. The highest BCUT2D eigenvalue weighted by atomic mass is 16.5. The molecule has 170 valence electrons. The molecular formula is C28H29NO4. The van der Waals surface area contributed by atoms with Crippen LogP contribution in [0.5, 0.6) is 0 Å². The molecule has 1 aliphatic carbocycles. The van der Waals surface area contributed by atoms with Crippen molar-refractivity contribution >= 4 is 12.1 Å². The average molecular weight is 444 g/mol. The first kappa shape index (κ1) is 22.6. The van der Waals surface area contributed by atoms with Gasteiger partial charge in [-0.1, -0.05) is 93.6 Å². The Balaban J connectivity index is 1.41. The third kappa shape index (κ3) is 4.92. The topological polar surface area (TPSA) is 75.6 Å². The number of carboxylic acids is 1. The van der Waals surface area contributed by atoms with Crippen LogP contribution in [0.15, 0.2) is 72.8 Å². The first-order chi connectivity index (χ1) is 15.7. The highest BCUT2D eigenvalue weighted by molar-refractivity contribution is 5.81. The van der Waals surface area contributed by atoms with Gasteiger partial charge in [0, 0.05) is 12.3 Å². The highest BCUT2D eigenvalue weighted by Gasteiger charge is 2.29. The van der Waals surface area contributed by atoms with Gasteiger partial charge < -0.3 is 15.2 Å². The Hall–Kier alpha value is -3.60. The Morgan fingerprint density at radius 1 is 0.909 bits per heavy atom. The van der Waals surface area contributed by atoms with Gasteiger partial charge in [0.15, 0.2) is 0 Å². The van der Waals surface area contributed by atoms with Gasteiger partial charge in [-0.2, -0.15) is 0 Å². The molecule has 1 amide bonds. The van der Waals surface area contributed by atoms with Crippen LogP contribution < -0.4 is 5.32 Å². The van der Waals surface area contributed by atoms with Gasteiger partial charge in [-0.3, -0.25) is 0 Å². The molecule has 4 rings (SSSR count). The lowest BCUT2D eigenvalue weighted by molar-refractivity contribution is -0.139. The Kier molecular flexibility index (Phi) is 6.23. The average Bonchev–Trinajstić information content (AvgIpc) is 3.11. The van der Waals surface area contributed by atoms with Gasteiger partial charge in [0.1, 0.15) is 12.6 Å². The lowest BCUT2D eigenvalue weighted by Crippen LogP contribution is -2.42. The number of alkyl carbamates (subject to hydrolysis) is 1. The van der Waals surface area contributed by atoms with Crippen LogP contribution in [0.1, 0.15) is 48.9 Å². The smallest absolute Gasteiger partial charge is 0.407 e. The number of nitrogens with one attached hydrogen (secondary N) is 1. The van der Waals surface area contributed by atoms with Crippen molar-refractivity contribution in [1.29, 1.82) is 0 Å². The summed E-state index contributed by atoms with van der Waals surface area (Å²) < 4.78 is 5.51. The van der Waals surface area contributed by atoms with Crippen LogP contribution in [0.3, 0.4) is 0 Å². The lowest BCUT2D eigenvalue weighted by Gasteiger charge is -2.20. The normalized spacial score (nSPS) is 13.7. The van der Waals surface area contributed by atoms with Gasteiger partial charge in [0.05, 0.1) is 0 Å². The maximum Gasteiger partial charge on any atom is 0.407 e. The van der Waals surface area contributed by atoms with Gasteiger partial charge >= 0.3 is 12.1 Å². The molecule has 1 atom stereocenters. The zero-order chi connectivity index (χ0) is 23.6. The summed E-state index contributed by atoms with van der Waals surface area (Å²) in [6.07, 6.45) is -0.542. The number of fused-ring (bicyclic) bond motifs is 3. The summed E-state index contributed by atoms with van der Waals surface area (Å²) in [6, 6.07) is 22.9. The number of hydrogen-bond acceptors (Lipinski definition) is 3. The second-order valence-electron chi connectivity index (χ2n) is 9.51. The Labute approximate surface area is 194 Å². The summed E-state index contributed by atoms with van der Waals surface area (Å²) in [5, 5.41) is 12.2. The molecule has 0 bridgehead atoms. The minimum absolute atomic E-state index is 0.0181. The van der Waals surface area contributed by atoms with Crippen molar-refractivity contribution in [2.24, 2.45) is 0 Å². The van der Waals surface area contributed by atoms with Crippen molar-refractivity contribution in [2.75, 3.05) is 6.61 Å². The molecule has 0 aromatic heterocycles. The fraction of sp³-hybridized carbons (Fsp3) is 0.286. The van der Waals surface area contributed by atoms with E-state index in [2.05, 4.69) is 38.2 Å². The van der Waals surface area contributed by atoms with E-state index in [0.717, 1.165) is 27.8 Å². The van der Waals surface area contributed by atoms with Crippen molar-refractivity contribution in [3.63, 3.8) is 0 Å². The second-order valence-corrected chi connectivity index (χ2v) is 9.51. The molecule has 3 aromatic rings. The molecule has 0 heterocycles. The van der Waals surface area contributed by atoms with Gasteiger partial charge in [-0.05, 0) is 38.8 Å². The van der Waals surface area contributed by atoms with Crippen LogP contribution in [-0.4, -0.2) is 29.8 Å². The summed E-state index contributed by atoms with van der Waals surface area (Å²) >= 11 is 0. The monoisotopic (exact) mass is 443 g/mol. The molecule has 5 heteroatoms. The molecule has 0 radical (unpaired) electrons. The third-order valence-electron chi connectivity index (χ3n) is 6.19. The molecule has 33 heavy (non-hydrogen) atoms. The van der Waals surface area contributed by atoms with E-state index >= 15 is 0 Å². The highest BCUT2D eigenvalue weighted by Crippen LogP contribution is 2.44. The van der Waals surface area contributed by atoms with E-state index in [0.29, 0.717) is 0 Å². The molecule has 0 aliphatic heterocycles. The second kappa shape index (κ2) is 9.10. The Morgan fingerprint density at radius 3 is 1.97 bits per heavy atom. The molecule has 0 fully saturated rings. The van der Waals surface area contributed by atoms with Crippen LogP contribution in [0, 0.1) is 0 Å². The number of aliphatic carboxylic acids is 1. The van der Waals surface area contributed by atoms with Crippen molar-refractivity contribution in [2.45, 2.75) is 44.6 Å². The number of benzene rings is 3. The predicted octanol–water partition coefficient (Wildman–Crippen LogP) is 5.52. The molecule has 0 saturated heterocycles. The Bertz CT molecular complexity index is 1120. The first-order valence-corrected chi connectivity index (χ1v) is 11.2. The van der Waals surface area contributed by atoms with E-state index in [4.69, 9.17) is 4.74 Å². The number of carbonyl (C=O) groups is 2. The van der Waals surface area contributed by atoms with Crippen LogP contribution in [0.25, 0.3) is 11.1 Å². The van der Waals surface area contributed by atoms with E-state index in [9.17, 15) is 14.7 Å². The molecule has 0 saturated carbocycles. The van der Waals surface area contributed by atoms with E-state index in [-0.39, 0.29) is 24.4 Å². The minimum atomic E-state index is -1.09. The van der Waals surface area contributed by atoms with Gasteiger partial charge in [0.25, 0.3) is 0 Å². The maximum absolute atomic E-state index is 12.5. The molecule has 1 unspecified atom stereocenters. The summed E-state index contributed by atoms with van der Waals surface area (Å²) in [5.41, 5.74) is 6.54. The standard InChI is InChI=1S/C28H29NO4/c1-28(2,3)19-14-12-18(13-15-19)16-25(26(30)31)29-27(32)33-17-24-22-10-6-4-8-20(22)21-9-5-7-11-23(21)24/h4-15,24-25H,16-17H2,1-3H3,(H,29,32)(H,30,31). The molecule has 5 nitrogen and oxygen atoms in total. The van der Waals surface area contributed by atoms with E-state index in [1.807, 2.05) is 60.7 Å². The zero-order valence-corrected chi connectivity index (χ0v) is 19.2. The van der Waals surface area contributed by atoms with E-state index < -0.39 is 18.1 Å². The minimum Gasteiger partial charge on any atom is -0.480 e. The van der Waals surface area contributed by atoms with Gasteiger partial charge in [0.2, 0.25) is 0 Å². The predicted molar refractivity (Wildman–Crippen MR) is 128 cm³/mol. The van der Waals surface area contributed by atoms with Gasteiger partial charge in [-0.15, -0.1) is 0 Å². The first-order valence-electron chi connectivity index (χ1n) is 11.2. The third-order valence-corrected chi connectivity index (χ3v) is 6.19. The number of carboxylic acid groups (broad SMARTS) is 1. The zero-order valence-electron chi connectivity index (χ0n) is 19.2. The largest absolute Gasteiger partial charge is 0.480 e. The van der Waals surface area contributed by atoms with Crippen LogP contribution in [0.4, 0.5) is 4.79 Å². The van der Waals surface area contributed by atoms with Crippen LogP contribution in [0.2, 0.25) is 0 Å².